The van der Waals surface area contributed by atoms with E-state index in [1.54, 1.807) is 12.1 Å². The lowest BCUT2D eigenvalue weighted by molar-refractivity contribution is -0.0337. The van der Waals surface area contributed by atoms with Crippen molar-refractivity contribution in [3.63, 3.8) is 0 Å². The van der Waals surface area contributed by atoms with Gasteiger partial charge in [0.05, 0.1) is 0 Å². The van der Waals surface area contributed by atoms with E-state index in [9.17, 15) is 9.50 Å². The van der Waals surface area contributed by atoms with Crippen LogP contribution in [0.4, 0.5) is 4.39 Å². The maximum atomic E-state index is 13.7. The Kier molecular flexibility index (Phi) is 4.97. The summed E-state index contributed by atoms with van der Waals surface area (Å²) in [5, 5.41) is 16.2. The van der Waals surface area contributed by atoms with Crippen LogP contribution in [-0.2, 0) is 0 Å². The lowest BCUT2D eigenvalue weighted by Gasteiger charge is -2.36. The topological polar surface area (TPSA) is 73.1 Å². The molecule has 2 heterocycles. The van der Waals surface area contributed by atoms with Crippen LogP contribution in [0.25, 0.3) is 21.8 Å². The van der Waals surface area contributed by atoms with E-state index >= 15 is 0 Å². The summed E-state index contributed by atoms with van der Waals surface area (Å²) < 4.78 is 19.6. The predicted octanol–water partition coefficient (Wildman–Crippen LogP) is 4.80. The first-order chi connectivity index (χ1) is 14.6. The van der Waals surface area contributed by atoms with Gasteiger partial charge in [0.2, 0.25) is 0 Å². The molecule has 0 amide bonds. The molecule has 30 heavy (non-hydrogen) atoms. The molecular formula is C24H26FN3O2. The van der Waals surface area contributed by atoms with Crippen molar-refractivity contribution < 1.29 is 14.2 Å². The third-order valence-electron chi connectivity index (χ3n) is 6.30. The largest absolute Gasteiger partial charge is 0.492 e. The molecule has 4 N–H and O–H groups in total. The van der Waals surface area contributed by atoms with E-state index in [2.05, 4.69) is 15.3 Å². The van der Waals surface area contributed by atoms with Crippen molar-refractivity contribution in [3.8, 4) is 5.75 Å². The molecule has 1 fully saturated rings. The number of hydrogen-bond donors (Lipinski definition) is 4. The standard InChI is InChI=1S/C24H26FN3O2/c25-17-4-5-22-19(14-17)20(15-27-22)16-6-9-24(29,10-7-16)28-12-13-30-23-3-1-2-21-18(23)8-11-26-21/h1-5,8,11,14-16,26-29H,6-7,9-10,12-13H2. The average molecular weight is 407 g/mol. The monoisotopic (exact) mass is 407 g/mol. The Labute approximate surface area is 174 Å². The van der Waals surface area contributed by atoms with Gasteiger partial charge in [-0.05, 0) is 73.6 Å². The highest BCUT2D eigenvalue weighted by atomic mass is 19.1. The first-order valence-electron chi connectivity index (χ1n) is 10.5. The molecule has 2 aromatic carbocycles. The van der Waals surface area contributed by atoms with Gasteiger partial charge < -0.3 is 19.8 Å². The van der Waals surface area contributed by atoms with Gasteiger partial charge in [-0.1, -0.05) is 6.07 Å². The van der Waals surface area contributed by atoms with E-state index in [-0.39, 0.29) is 5.82 Å². The van der Waals surface area contributed by atoms with Crippen molar-refractivity contribution in [3.05, 3.63) is 66.2 Å². The molecular weight excluding hydrogens is 381 g/mol. The predicted molar refractivity (Wildman–Crippen MR) is 116 cm³/mol. The van der Waals surface area contributed by atoms with Crippen LogP contribution < -0.4 is 10.1 Å². The van der Waals surface area contributed by atoms with Crippen LogP contribution in [0.1, 0.15) is 37.2 Å². The number of nitrogens with one attached hydrogen (secondary N) is 3. The molecule has 0 bridgehead atoms. The fourth-order valence-corrected chi connectivity index (χ4v) is 4.66. The zero-order valence-electron chi connectivity index (χ0n) is 16.7. The van der Waals surface area contributed by atoms with Gasteiger partial charge in [0.15, 0.2) is 0 Å². The zero-order chi connectivity index (χ0) is 20.6. The number of hydrogen-bond acceptors (Lipinski definition) is 3. The van der Waals surface area contributed by atoms with Crippen LogP contribution in [0, 0.1) is 5.82 Å². The third kappa shape index (κ3) is 3.68. The highest BCUT2D eigenvalue weighted by Gasteiger charge is 2.34. The summed E-state index contributed by atoms with van der Waals surface area (Å²) in [5.41, 5.74) is 2.28. The van der Waals surface area contributed by atoms with Gasteiger partial charge in [-0.15, -0.1) is 0 Å². The summed E-state index contributed by atoms with van der Waals surface area (Å²) in [7, 11) is 0. The van der Waals surface area contributed by atoms with Crippen LogP contribution in [0.5, 0.6) is 5.75 Å². The van der Waals surface area contributed by atoms with Gasteiger partial charge in [-0.25, -0.2) is 4.39 Å². The van der Waals surface area contributed by atoms with Crippen molar-refractivity contribution in [2.75, 3.05) is 13.2 Å². The van der Waals surface area contributed by atoms with E-state index in [1.807, 2.05) is 36.7 Å². The second kappa shape index (κ2) is 7.78. The van der Waals surface area contributed by atoms with E-state index in [0.29, 0.717) is 31.9 Å². The fourth-order valence-electron chi connectivity index (χ4n) is 4.66. The minimum atomic E-state index is -0.878. The third-order valence-corrected chi connectivity index (χ3v) is 6.30. The molecule has 156 valence electrons. The highest BCUT2D eigenvalue weighted by molar-refractivity contribution is 5.85. The molecule has 0 aliphatic heterocycles. The number of H-pyrrole nitrogens is 2. The molecule has 5 nitrogen and oxygen atoms in total. The first-order valence-corrected chi connectivity index (χ1v) is 10.5. The van der Waals surface area contributed by atoms with Crippen LogP contribution in [0.3, 0.4) is 0 Å². The fraction of sp³-hybridized carbons (Fsp3) is 0.333. The molecule has 4 aromatic rings. The van der Waals surface area contributed by atoms with Crippen molar-refractivity contribution in [1.82, 2.24) is 15.3 Å². The summed E-state index contributed by atoms with van der Waals surface area (Å²) in [4.78, 5) is 6.42. The van der Waals surface area contributed by atoms with Crippen molar-refractivity contribution in [2.45, 2.75) is 37.3 Å². The highest BCUT2D eigenvalue weighted by Crippen LogP contribution is 2.39. The quantitative estimate of drug-likeness (QED) is 0.274. The summed E-state index contributed by atoms with van der Waals surface area (Å²) >= 11 is 0. The molecule has 6 heteroatoms. The van der Waals surface area contributed by atoms with Crippen LogP contribution in [-0.4, -0.2) is 34.0 Å². The summed E-state index contributed by atoms with van der Waals surface area (Å²) in [6.45, 7) is 1.05. The number of fused-ring (bicyclic) bond motifs is 2. The normalized spacial score (nSPS) is 22.0. The van der Waals surface area contributed by atoms with Crippen LogP contribution in [0.2, 0.25) is 0 Å². The molecule has 1 aliphatic carbocycles. The molecule has 0 unspecified atom stereocenters. The summed E-state index contributed by atoms with van der Waals surface area (Å²) in [6, 6.07) is 12.8. The van der Waals surface area contributed by atoms with Gasteiger partial charge in [-0.3, -0.25) is 5.32 Å². The van der Waals surface area contributed by atoms with E-state index in [4.69, 9.17) is 4.74 Å². The lowest BCUT2D eigenvalue weighted by Crippen LogP contribution is -2.49. The Balaban J connectivity index is 1.15. The number of rotatable bonds is 6. The van der Waals surface area contributed by atoms with Gasteiger partial charge in [-0.2, -0.15) is 0 Å². The molecule has 5 rings (SSSR count). The van der Waals surface area contributed by atoms with Gasteiger partial charge >= 0.3 is 0 Å². The molecule has 1 aliphatic rings. The molecule has 0 saturated heterocycles. The molecule has 2 aromatic heterocycles. The average Bonchev–Trinajstić information content (AvgIpc) is 3.39. The van der Waals surface area contributed by atoms with E-state index in [1.165, 1.54) is 6.07 Å². The van der Waals surface area contributed by atoms with Crippen LogP contribution >= 0.6 is 0 Å². The van der Waals surface area contributed by atoms with E-state index < -0.39 is 5.72 Å². The minimum absolute atomic E-state index is 0.215. The lowest BCUT2D eigenvalue weighted by atomic mass is 9.79. The van der Waals surface area contributed by atoms with Gasteiger partial charge in [0.25, 0.3) is 0 Å². The van der Waals surface area contributed by atoms with Crippen LogP contribution in [0.15, 0.2) is 54.9 Å². The Morgan fingerprint density at radius 3 is 2.77 bits per heavy atom. The summed E-state index contributed by atoms with van der Waals surface area (Å²) in [5.74, 6) is 0.954. The molecule has 0 radical (unpaired) electrons. The Bertz CT molecular complexity index is 1160. The Hall–Kier alpha value is -2.83. The zero-order valence-corrected chi connectivity index (χ0v) is 16.7. The Morgan fingerprint density at radius 2 is 1.90 bits per heavy atom. The summed E-state index contributed by atoms with van der Waals surface area (Å²) in [6.07, 6.45) is 6.92. The second-order valence-corrected chi connectivity index (χ2v) is 8.21. The van der Waals surface area contributed by atoms with Crippen molar-refractivity contribution >= 4 is 21.8 Å². The number of aromatic nitrogens is 2. The second-order valence-electron chi connectivity index (χ2n) is 8.21. The number of aliphatic hydroxyl groups is 1. The maximum absolute atomic E-state index is 13.7. The number of benzene rings is 2. The van der Waals surface area contributed by atoms with Crippen molar-refractivity contribution in [1.29, 1.82) is 0 Å². The van der Waals surface area contributed by atoms with Crippen molar-refractivity contribution in [2.24, 2.45) is 0 Å². The number of ether oxygens (including phenoxy) is 1. The van der Waals surface area contributed by atoms with Gasteiger partial charge in [0.1, 0.15) is 23.9 Å². The smallest absolute Gasteiger partial charge is 0.128 e. The SMILES string of the molecule is OC1(NCCOc2cccc3[nH]ccc23)CCC(c2c[nH]c3ccc(F)cc23)CC1. The maximum Gasteiger partial charge on any atom is 0.128 e. The van der Waals surface area contributed by atoms with Gasteiger partial charge in [0, 0.05) is 40.7 Å². The molecule has 0 spiro atoms. The number of halogens is 1. The first kappa shape index (κ1) is 19.2. The molecule has 1 saturated carbocycles. The molecule has 0 atom stereocenters. The minimum Gasteiger partial charge on any atom is -0.492 e. The number of aromatic amines is 2. The van der Waals surface area contributed by atoms with E-state index in [0.717, 1.165) is 46.0 Å². The Morgan fingerprint density at radius 1 is 1.07 bits per heavy atom.